The fourth-order valence-corrected chi connectivity index (χ4v) is 3.94. The summed E-state index contributed by atoms with van der Waals surface area (Å²) in [5.41, 5.74) is 7.34. The van der Waals surface area contributed by atoms with E-state index in [9.17, 15) is 4.39 Å². The first-order valence-electron chi connectivity index (χ1n) is 7.80. The predicted octanol–water partition coefficient (Wildman–Crippen LogP) is 4.44. The lowest BCUT2D eigenvalue weighted by Crippen LogP contribution is -2.53. The van der Waals surface area contributed by atoms with Gasteiger partial charge in [0.15, 0.2) is 0 Å². The topological polar surface area (TPSA) is 35.2 Å². The van der Waals surface area contributed by atoms with Crippen molar-refractivity contribution in [1.29, 1.82) is 0 Å². The second-order valence-electron chi connectivity index (χ2n) is 6.26. The fraction of sp³-hybridized carbons (Fsp3) is 0.647. The van der Waals surface area contributed by atoms with E-state index in [4.69, 9.17) is 10.5 Å². The maximum absolute atomic E-state index is 13.3. The molecule has 0 radical (unpaired) electrons. The highest BCUT2D eigenvalue weighted by Crippen LogP contribution is 2.38. The number of hydrogen-bond acceptors (Lipinski definition) is 2. The van der Waals surface area contributed by atoms with Gasteiger partial charge in [0, 0.05) is 12.6 Å². The lowest BCUT2D eigenvalue weighted by molar-refractivity contribution is -0.0925. The van der Waals surface area contributed by atoms with Crippen LogP contribution in [0.4, 0.5) is 4.39 Å². The van der Waals surface area contributed by atoms with Crippen LogP contribution < -0.4 is 5.73 Å². The van der Waals surface area contributed by atoms with Crippen LogP contribution >= 0.6 is 15.9 Å². The van der Waals surface area contributed by atoms with Gasteiger partial charge in [-0.3, -0.25) is 0 Å². The zero-order valence-corrected chi connectivity index (χ0v) is 14.5. The van der Waals surface area contributed by atoms with E-state index in [1.165, 1.54) is 18.9 Å². The van der Waals surface area contributed by atoms with Gasteiger partial charge in [-0.2, -0.15) is 0 Å². The van der Waals surface area contributed by atoms with E-state index < -0.39 is 0 Å². The summed E-state index contributed by atoms with van der Waals surface area (Å²) in [5.74, 6) is 0.412. The molecule has 21 heavy (non-hydrogen) atoms. The molecular formula is C17H25BrFNO. The quantitative estimate of drug-likeness (QED) is 0.844. The summed E-state index contributed by atoms with van der Waals surface area (Å²) in [5, 5.41) is 0. The molecule has 4 heteroatoms. The highest BCUT2D eigenvalue weighted by atomic mass is 79.9. The third kappa shape index (κ3) is 4.05. The lowest BCUT2D eigenvalue weighted by Gasteiger charge is -2.44. The van der Waals surface area contributed by atoms with Gasteiger partial charge in [-0.15, -0.1) is 0 Å². The Bertz CT molecular complexity index is 478. The summed E-state index contributed by atoms with van der Waals surface area (Å²) >= 11 is 3.24. The molecule has 0 spiro atoms. The summed E-state index contributed by atoms with van der Waals surface area (Å²) in [6.45, 7) is 4.99. The Labute approximate surface area is 135 Å². The molecule has 2 nitrogen and oxygen atoms in total. The molecule has 3 atom stereocenters. The highest BCUT2D eigenvalue weighted by molar-refractivity contribution is 9.10. The molecule has 0 saturated heterocycles. The standard InChI is InChI=1S/C17H25BrFNO/c1-3-21-17(8-4-5-12(2)11-17)16(20)10-13-6-7-15(19)14(18)9-13/h6-7,9,12,16H,3-5,8,10-11,20H2,1-2H3. The molecule has 118 valence electrons. The molecule has 2 N–H and O–H groups in total. The molecule has 1 fully saturated rings. The van der Waals surface area contributed by atoms with Crippen LogP contribution in [0.5, 0.6) is 0 Å². The van der Waals surface area contributed by atoms with E-state index in [1.54, 1.807) is 0 Å². The first kappa shape index (κ1) is 16.9. The molecule has 1 aliphatic carbocycles. The summed E-state index contributed by atoms with van der Waals surface area (Å²) < 4.78 is 19.9. The first-order valence-corrected chi connectivity index (χ1v) is 8.59. The Hall–Kier alpha value is -0.450. The minimum atomic E-state index is -0.238. The molecule has 3 unspecified atom stereocenters. The smallest absolute Gasteiger partial charge is 0.137 e. The number of rotatable bonds is 5. The fourth-order valence-electron chi connectivity index (χ4n) is 3.51. The van der Waals surface area contributed by atoms with E-state index in [0.717, 1.165) is 18.4 Å². The van der Waals surface area contributed by atoms with Crippen LogP contribution in [0.2, 0.25) is 0 Å². The molecule has 0 heterocycles. The minimum absolute atomic E-state index is 0.0578. The molecule has 1 aromatic rings. The number of halogens is 2. The van der Waals surface area contributed by atoms with Gasteiger partial charge >= 0.3 is 0 Å². The summed E-state index contributed by atoms with van der Waals surface area (Å²) in [6, 6.07) is 5.06. The average molecular weight is 358 g/mol. The van der Waals surface area contributed by atoms with E-state index in [1.807, 2.05) is 19.1 Å². The zero-order valence-electron chi connectivity index (χ0n) is 12.9. The minimum Gasteiger partial charge on any atom is -0.374 e. The number of nitrogens with two attached hydrogens (primary N) is 1. The van der Waals surface area contributed by atoms with Crippen molar-refractivity contribution in [3.05, 3.63) is 34.1 Å². The Kier molecular flexibility index (Phi) is 5.81. The van der Waals surface area contributed by atoms with Crippen molar-refractivity contribution in [3.8, 4) is 0 Å². The van der Waals surface area contributed by atoms with Crippen molar-refractivity contribution >= 4 is 15.9 Å². The van der Waals surface area contributed by atoms with Gasteiger partial charge in [-0.1, -0.05) is 25.8 Å². The molecule has 0 amide bonds. The molecule has 1 aromatic carbocycles. The average Bonchev–Trinajstić information content (AvgIpc) is 2.43. The second kappa shape index (κ2) is 7.21. The molecule has 1 aliphatic rings. The van der Waals surface area contributed by atoms with Gasteiger partial charge in [-0.25, -0.2) is 4.39 Å². The Morgan fingerprint density at radius 1 is 1.52 bits per heavy atom. The Balaban J connectivity index is 2.14. The Morgan fingerprint density at radius 2 is 2.29 bits per heavy atom. The van der Waals surface area contributed by atoms with Crippen molar-refractivity contribution in [2.45, 2.75) is 57.6 Å². The molecule has 0 aliphatic heterocycles. The predicted molar refractivity (Wildman–Crippen MR) is 87.8 cm³/mol. The van der Waals surface area contributed by atoms with Crippen molar-refractivity contribution in [3.63, 3.8) is 0 Å². The van der Waals surface area contributed by atoms with Crippen molar-refractivity contribution in [2.75, 3.05) is 6.61 Å². The van der Waals surface area contributed by atoms with Crippen LogP contribution in [0.25, 0.3) is 0 Å². The van der Waals surface area contributed by atoms with Gasteiger partial charge in [0.1, 0.15) is 5.82 Å². The number of hydrogen-bond donors (Lipinski definition) is 1. The molecule has 1 saturated carbocycles. The normalized spacial score (nSPS) is 27.6. The van der Waals surface area contributed by atoms with Gasteiger partial charge in [0.05, 0.1) is 10.1 Å². The zero-order chi connectivity index (χ0) is 15.5. The van der Waals surface area contributed by atoms with Crippen molar-refractivity contribution in [2.24, 2.45) is 11.7 Å². The van der Waals surface area contributed by atoms with E-state index in [-0.39, 0.29) is 17.5 Å². The van der Waals surface area contributed by atoms with Gasteiger partial charge in [-0.05, 0) is 65.7 Å². The molecule has 0 aromatic heterocycles. The van der Waals surface area contributed by atoms with Crippen molar-refractivity contribution in [1.82, 2.24) is 0 Å². The highest BCUT2D eigenvalue weighted by Gasteiger charge is 2.40. The van der Waals surface area contributed by atoms with Gasteiger partial charge in [0.25, 0.3) is 0 Å². The summed E-state index contributed by atoms with van der Waals surface area (Å²) in [7, 11) is 0. The molecular weight excluding hydrogens is 333 g/mol. The lowest BCUT2D eigenvalue weighted by atomic mass is 9.73. The van der Waals surface area contributed by atoms with E-state index in [0.29, 0.717) is 23.4 Å². The Morgan fingerprint density at radius 3 is 2.90 bits per heavy atom. The monoisotopic (exact) mass is 357 g/mol. The third-order valence-corrected chi connectivity index (χ3v) is 5.15. The van der Waals surface area contributed by atoms with Crippen LogP contribution in [-0.4, -0.2) is 18.2 Å². The van der Waals surface area contributed by atoms with Crippen LogP contribution in [0.1, 0.15) is 45.1 Å². The first-order chi connectivity index (χ1) is 9.97. The van der Waals surface area contributed by atoms with Gasteiger partial charge < -0.3 is 10.5 Å². The van der Waals surface area contributed by atoms with Crippen LogP contribution in [0.3, 0.4) is 0 Å². The molecule has 0 bridgehead atoms. The molecule has 2 rings (SSSR count). The van der Waals surface area contributed by atoms with E-state index >= 15 is 0 Å². The largest absolute Gasteiger partial charge is 0.374 e. The van der Waals surface area contributed by atoms with Crippen molar-refractivity contribution < 1.29 is 9.13 Å². The number of ether oxygens (including phenoxy) is 1. The maximum atomic E-state index is 13.3. The van der Waals surface area contributed by atoms with E-state index in [2.05, 4.69) is 22.9 Å². The number of benzene rings is 1. The maximum Gasteiger partial charge on any atom is 0.137 e. The van der Waals surface area contributed by atoms with Crippen LogP contribution in [0, 0.1) is 11.7 Å². The van der Waals surface area contributed by atoms with Crippen LogP contribution in [-0.2, 0) is 11.2 Å². The SMILES string of the molecule is CCOC1(C(N)Cc2ccc(F)c(Br)c2)CCCC(C)C1. The summed E-state index contributed by atoms with van der Waals surface area (Å²) in [4.78, 5) is 0. The second-order valence-corrected chi connectivity index (χ2v) is 7.11. The van der Waals surface area contributed by atoms with Gasteiger partial charge in [0.2, 0.25) is 0 Å². The summed E-state index contributed by atoms with van der Waals surface area (Å²) in [6.07, 6.45) is 5.18. The van der Waals surface area contributed by atoms with Crippen LogP contribution in [0.15, 0.2) is 22.7 Å². The third-order valence-electron chi connectivity index (χ3n) is 4.54.